The lowest BCUT2D eigenvalue weighted by Crippen LogP contribution is -2.11. The highest BCUT2D eigenvalue weighted by Gasteiger charge is 2.20. The van der Waals surface area contributed by atoms with Crippen LogP contribution in [-0.2, 0) is 0 Å². The number of halogens is 2. The second kappa shape index (κ2) is 10.3. The number of rotatable bonds is 6. The molecule has 1 aliphatic rings. The molecule has 166 valence electrons. The van der Waals surface area contributed by atoms with Gasteiger partial charge in [0, 0.05) is 5.56 Å². The van der Waals surface area contributed by atoms with Crippen LogP contribution in [0.15, 0.2) is 72.8 Å². The molecule has 2 heteroatoms. The number of benzene rings is 3. The van der Waals surface area contributed by atoms with Crippen LogP contribution in [0.2, 0.25) is 0 Å². The normalized spacial score (nSPS) is 18.9. The largest absolute Gasteiger partial charge is 0.207 e. The Morgan fingerprint density at radius 2 is 1.25 bits per heavy atom. The summed E-state index contributed by atoms with van der Waals surface area (Å²) in [6.45, 7) is 3.68. The molecule has 3 aromatic rings. The molecule has 0 heterocycles. The first-order valence-electron chi connectivity index (χ1n) is 11.9. The number of allylic oxidation sites excluding steroid dienone is 2. The average molecular weight is 431 g/mol. The van der Waals surface area contributed by atoms with Crippen molar-refractivity contribution in [2.75, 3.05) is 0 Å². The zero-order valence-corrected chi connectivity index (χ0v) is 19.1. The predicted molar refractivity (Wildman–Crippen MR) is 131 cm³/mol. The summed E-state index contributed by atoms with van der Waals surface area (Å²) in [5.74, 6) is 0.399. The van der Waals surface area contributed by atoms with Crippen LogP contribution in [0.5, 0.6) is 0 Å². The zero-order chi connectivity index (χ0) is 22.5. The topological polar surface area (TPSA) is 0 Å². The van der Waals surface area contributed by atoms with Crippen LogP contribution in [-0.4, -0.2) is 0 Å². The molecule has 3 aromatic carbocycles. The quantitative estimate of drug-likeness (QED) is 0.342. The first-order valence-corrected chi connectivity index (χ1v) is 11.9. The van der Waals surface area contributed by atoms with Crippen molar-refractivity contribution in [3.63, 3.8) is 0 Å². The molecule has 0 unspecified atom stereocenters. The Bertz CT molecular complexity index is 1030. The van der Waals surface area contributed by atoms with E-state index in [4.69, 9.17) is 0 Å². The molecule has 0 bridgehead atoms. The van der Waals surface area contributed by atoms with E-state index in [0.717, 1.165) is 22.6 Å². The highest BCUT2D eigenvalue weighted by molar-refractivity contribution is 5.70. The third-order valence-corrected chi connectivity index (χ3v) is 6.85. The summed E-state index contributed by atoms with van der Waals surface area (Å²) in [6, 6.07) is 19.6. The van der Waals surface area contributed by atoms with Gasteiger partial charge in [-0.1, -0.05) is 74.0 Å². The summed E-state index contributed by atoms with van der Waals surface area (Å²) >= 11 is 0. The van der Waals surface area contributed by atoms with Gasteiger partial charge in [-0.3, -0.25) is 0 Å². The fourth-order valence-corrected chi connectivity index (χ4v) is 4.72. The lowest BCUT2D eigenvalue weighted by atomic mass is 9.78. The van der Waals surface area contributed by atoms with Crippen molar-refractivity contribution in [1.29, 1.82) is 0 Å². The maximum atomic E-state index is 13.9. The van der Waals surface area contributed by atoms with Crippen LogP contribution in [0, 0.1) is 24.5 Å². The summed E-state index contributed by atoms with van der Waals surface area (Å²) in [7, 11) is 0. The van der Waals surface area contributed by atoms with Crippen LogP contribution < -0.4 is 0 Å². The van der Waals surface area contributed by atoms with E-state index in [1.807, 2.05) is 24.3 Å². The van der Waals surface area contributed by atoms with Crippen molar-refractivity contribution in [3.8, 4) is 22.3 Å². The first-order chi connectivity index (χ1) is 15.5. The van der Waals surface area contributed by atoms with Gasteiger partial charge in [-0.15, -0.1) is 0 Å². The van der Waals surface area contributed by atoms with Crippen LogP contribution in [0.4, 0.5) is 8.78 Å². The molecule has 0 nitrogen and oxygen atoms in total. The third kappa shape index (κ3) is 5.18. The standard InChI is InChI=1S/C30H32F2/c1-3-4-5-6-22-7-9-23(10-8-22)24-11-13-25(14-12-24)26-15-17-27(18-16-26)28-19-29(31)21(2)30(32)20-28/h5-6,11-20,22-23H,3-4,7-10H2,1-2H3/b6-5+. The van der Waals surface area contributed by atoms with E-state index in [0.29, 0.717) is 11.5 Å². The fourth-order valence-electron chi connectivity index (χ4n) is 4.72. The Hall–Kier alpha value is -2.74. The van der Waals surface area contributed by atoms with Crippen molar-refractivity contribution in [3.05, 3.63) is 95.6 Å². The van der Waals surface area contributed by atoms with E-state index < -0.39 is 11.6 Å². The van der Waals surface area contributed by atoms with Crippen molar-refractivity contribution in [1.82, 2.24) is 0 Å². The summed E-state index contributed by atoms with van der Waals surface area (Å²) in [5, 5.41) is 0. The summed E-state index contributed by atoms with van der Waals surface area (Å²) in [4.78, 5) is 0. The number of hydrogen-bond donors (Lipinski definition) is 0. The minimum absolute atomic E-state index is 0.0619. The molecular formula is C30H32F2. The summed E-state index contributed by atoms with van der Waals surface area (Å²) in [5.41, 5.74) is 5.15. The van der Waals surface area contributed by atoms with Gasteiger partial charge in [0.05, 0.1) is 0 Å². The SMILES string of the molecule is CCC/C=C/C1CCC(c2ccc(-c3ccc(-c4cc(F)c(C)c(F)c4)cc3)cc2)CC1. The van der Waals surface area contributed by atoms with Gasteiger partial charge in [0.15, 0.2) is 0 Å². The molecule has 0 aliphatic heterocycles. The lowest BCUT2D eigenvalue weighted by Gasteiger charge is -2.27. The second-order valence-electron chi connectivity index (χ2n) is 9.09. The maximum Gasteiger partial charge on any atom is 0.129 e. The van der Waals surface area contributed by atoms with Crippen molar-refractivity contribution in [2.24, 2.45) is 5.92 Å². The van der Waals surface area contributed by atoms with Crippen LogP contribution in [0.25, 0.3) is 22.3 Å². The summed E-state index contributed by atoms with van der Waals surface area (Å²) < 4.78 is 27.8. The molecule has 0 N–H and O–H groups in total. The molecular weight excluding hydrogens is 398 g/mol. The van der Waals surface area contributed by atoms with Crippen LogP contribution in [0.1, 0.15) is 62.5 Å². The molecule has 32 heavy (non-hydrogen) atoms. The van der Waals surface area contributed by atoms with E-state index in [1.165, 1.54) is 63.1 Å². The molecule has 4 rings (SSSR count). The van der Waals surface area contributed by atoms with E-state index in [2.05, 4.69) is 43.3 Å². The zero-order valence-electron chi connectivity index (χ0n) is 19.1. The Morgan fingerprint density at radius 3 is 1.78 bits per heavy atom. The van der Waals surface area contributed by atoms with E-state index in [-0.39, 0.29) is 5.56 Å². The monoisotopic (exact) mass is 430 g/mol. The van der Waals surface area contributed by atoms with E-state index in [1.54, 1.807) is 0 Å². The Kier molecular flexibility index (Phi) is 7.19. The molecule has 1 aliphatic carbocycles. The minimum Gasteiger partial charge on any atom is -0.207 e. The average Bonchev–Trinajstić information content (AvgIpc) is 2.83. The number of unbranched alkanes of at least 4 members (excludes halogenated alkanes) is 1. The molecule has 0 spiro atoms. The third-order valence-electron chi connectivity index (χ3n) is 6.85. The first kappa shape index (κ1) is 22.5. The second-order valence-corrected chi connectivity index (χ2v) is 9.09. The van der Waals surface area contributed by atoms with Gasteiger partial charge in [-0.05, 0) is 90.8 Å². The van der Waals surface area contributed by atoms with Gasteiger partial charge in [-0.25, -0.2) is 8.78 Å². The van der Waals surface area contributed by atoms with E-state index in [9.17, 15) is 8.78 Å². The van der Waals surface area contributed by atoms with Gasteiger partial charge in [0.25, 0.3) is 0 Å². The predicted octanol–water partition coefficient (Wildman–Crippen LogP) is 9.24. The van der Waals surface area contributed by atoms with Crippen LogP contribution >= 0.6 is 0 Å². The highest BCUT2D eigenvalue weighted by atomic mass is 19.1. The molecule has 0 amide bonds. The molecule has 1 saturated carbocycles. The Balaban J connectivity index is 1.41. The van der Waals surface area contributed by atoms with Gasteiger partial charge >= 0.3 is 0 Å². The fraction of sp³-hybridized carbons (Fsp3) is 0.333. The van der Waals surface area contributed by atoms with E-state index >= 15 is 0 Å². The van der Waals surface area contributed by atoms with Crippen molar-refractivity contribution >= 4 is 0 Å². The maximum absolute atomic E-state index is 13.9. The van der Waals surface area contributed by atoms with Gasteiger partial charge in [0.2, 0.25) is 0 Å². The summed E-state index contributed by atoms with van der Waals surface area (Å²) in [6.07, 6.45) is 12.3. The van der Waals surface area contributed by atoms with Gasteiger partial charge in [-0.2, -0.15) is 0 Å². The lowest BCUT2D eigenvalue weighted by molar-refractivity contribution is 0.375. The Morgan fingerprint density at radius 1 is 0.750 bits per heavy atom. The number of hydrogen-bond acceptors (Lipinski definition) is 0. The smallest absolute Gasteiger partial charge is 0.129 e. The molecule has 0 saturated heterocycles. The minimum atomic E-state index is -0.509. The van der Waals surface area contributed by atoms with Gasteiger partial charge in [0.1, 0.15) is 11.6 Å². The Labute approximate surface area is 191 Å². The highest BCUT2D eigenvalue weighted by Crippen LogP contribution is 2.37. The molecule has 0 atom stereocenters. The molecule has 0 aromatic heterocycles. The molecule has 1 fully saturated rings. The molecule has 0 radical (unpaired) electrons. The van der Waals surface area contributed by atoms with Gasteiger partial charge < -0.3 is 0 Å². The van der Waals surface area contributed by atoms with Crippen molar-refractivity contribution in [2.45, 2.75) is 58.3 Å². The van der Waals surface area contributed by atoms with Crippen molar-refractivity contribution < 1.29 is 8.78 Å². The van der Waals surface area contributed by atoms with Crippen LogP contribution in [0.3, 0.4) is 0 Å².